The number of ether oxygens (including phenoxy) is 1. The van der Waals surface area contributed by atoms with Crippen LogP contribution in [0.1, 0.15) is 40.4 Å². The number of carbonyl (C=O) groups is 2. The molecule has 6 heteroatoms. The van der Waals surface area contributed by atoms with Gasteiger partial charge in [-0.05, 0) is 38.1 Å². The van der Waals surface area contributed by atoms with Gasteiger partial charge in [0.05, 0.1) is 12.4 Å². The standard InChI is InChI=1S/C14H14N2O4/c1-8(2)20-10-5-3-9(4-6-10)13(17)11-12(14(18)19)16-7-15-11/h3-8H,1-2H3,(H,15,16)(H,18,19). The van der Waals surface area contributed by atoms with Crippen molar-refractivity contribution in [3.63, 3.8) is 0 Å². The highest BCUT2D eigenvalue weighted by Gasteiger charge is 2.20. The highest BCUT2D eigenvalue weighted by atomic mass is 16.5. The van der Waals surface area contributed by atoms with Crippen LogP contribution in [0.15, 0.2) is 30.6 Å². The molecule has 20 heavy (non-hydrogen) atoms. The minimum absolute atomic E-state index is 0.0431. The first-order valence-corrected chi connectivity index (χ1v) is 6.07. The van der Waals surface area contributed by atoms with Gasteiger partial charge in [0.15, 0.2) is 5.69 Å². The van der Waals surface area contributed by atoms with Gasteiger partial charge < -0.3 is 14.8 Å². The number of carboxylic acids is 1. The first kappa shape index (κ1) is 13.8. The number of carboxylic acid groups (broad SMARTS) is 1. The number of aromatic carboxylic acids is 1. The summed E-state index contributed by atoms with van der Waals surface area (Å²) in [6.45, 7) is 3.81. The number of aromatic amines is 1. The van der Waals surface area contributed by atoms with Gasteiger partial charge in [0, 0.05) is 5.56 Å². The molecule has 1 aromatic heterocycles. The molecule has 0 atom stereocenters. The Balaban J connectivity index is 2.25. The Kier molecular flexibility index (Phi) is 3.84. The van der Waals surface area contributed by atoms with E-state index < -0.39 is 11.8 Å². The van der Waals surface area contributed by atoms with E-state index in [9.17, 15) is 9.59 Å². The van der Waals surface area contributed by atoms with Crippen molar-refractivity contribution in [2.45, 2.75) is 20.0 Å². The summed E-state index contributed by atoms with van der Waals surface area (Å²) in [5, 5.41) is 8.95. The summed E-state index contributed by atoms with van der Waals surface area (Å²) in [5.74, 6) is -1.01. The number of aromatic nitrogens is 2. The molecule has 0 aliphatic carbocycles. The summed E-state index contributed by atoms with van der Waals surface area (Å²) in [5.41, 5.74) is 0.0447. The molecule has 2 N–H and O–H groups in total. The van der Waals surface area contributed by atoms with E-state index in [1.807, 2.05) is 13.8 Å². The molecule has 0 amide bonds. The Morgan fingerprint density at radius 3 is 2.45 bits per heavy atom. The number of hydrogen-bond acceptors (Lipinski definition) is 4. The van der Waals surface area contributed by atoms with Crippen LogP contribution in [0, 0.1) is 0 Å². The number of H-pyrrole nitrogens is 1. The molecule has 0 aliphatic rings. The average Bonchev–Trinajstić information content (AvgIpc) is 2.87. The van der Waals surface area contributed by atoms with Crippen LogP contribution >= 0.6 is 0 Å². The van der Waals surface area contributed by atoms with Crippen molar-refractivity contribution in [2.24, 2.45) is 0 Å². The zero-order valence-corrected chi connectivity index (χ0v) is 11.1. The molecule has 0 aliphatic heterocycles. The maximum Gasteiger partial charge on any atom is 0.354 e. The molecule has 104 valence electrons. The maximum absolute atomic E-state index is 12.2. The van der Waals surface area contributed by atoms with E-state index in [2.05, 4.69) is 9.97 Å². The summed E-state index contributed by atoms with van der Waals surface area (Å²) in [4.78, 5) is 29.3. The molecule has 6 nitrogen and oxygen atoms in total. The average molecular weight is 274 g/mol. The molecule has 1 aromatic carbocycles. The van der Waals surface area contributed by atoms with Crippen LogP contribution < -0.4 is 4.74 Å². The smallest absolute Gasteiger partial charge is 0.354 e. The third kappa shape index (κ3) is 2.85. The molecule has 0 bridgehead atoms. The summed E-state index contributed by atoms with van der Waals surface area (Å²) < 4.78 is 5.47. The van der Waals surface area contributed by atoms with Crippen LogP contribution in [0.4, 0.5) is 0 Å². The highest BCUT2D eigenvalue weighted by Crippen LogP contribution is 2.17. The van der Waals surface area contributed by atoms with Crippen molar-refractivity contribution in [3.8, 4) is 5.75 Å². The Hall–Kier alpha value is -2.63. The monoisotopic (exact) mass is 274 g/mol. The second-order valence-electron chi connectivity index (χ2n) is 4.45. The van der Waals surface area contributed by atoms with Crippen molar-refractivity contribution in [1.82, 2.24) is 9.97 Å². The molecule has 1 heterocycles. The first-order chi connectivity index (χ1) is 9.49. The first-order valence-electron chi connectivity index (χ1n) is 6.07. The van der Waals surface area contributed by atoms with Gasteiger partial charge >= 0.3 is 5.97 Å². The molecule has 2 rings (SSSR count). The lowest BCUT2D eigenvalue weighted by Gasteiger charge is -2.09. The molecule has 0 fully saturated rings. The number of rotatable bonds is 5. The predicted octanol–water partition coefficient (Wildman–Crippen LogP) is 2.13. The van der Waals surface area contributed by atoms with Crippen LogP contribution in [0.5, 0.6) is 5.75 Å². The van der Waals surface area contributed by atoms with Crippen LogP contribution in [-0.4, -0.2) is 32.9 Å². The van der Waals surface area contributed by atoms with Crippen molar-refractivity contribution in [2.75, 3.05) is 0 Å². The van der Waals surface area contributed by atoms with Crippen molar-refractivity contribution in [1.29, 1.82) is 0 Å². The number of hydrogen-bond donors (Lipinski definition) is 2. The fraction of sp³-hybridized carbons (Fsp3) is 0.214. The number of carbonyl (C=O) groups excluding carboxylic acids is 1. The lowest BCUT2D eigenvalue weighted by molar-refractivity contribution is 0.0687. The van der Waals surface area contributed by atoms with E-state index in [1.165, 1.54) is 6.33 Å². The minimum Gasteiger partial charge on any atom is -0.491 e. The van der Waals surface area contributed by atoms with Gasteiger partial charge in [-0.25, -0.2) is 9.78 Å². The molecule has 0 saturated heterocycles. The van der Waals surface area contributed by atoms with Crippen LogP contribution in [-0.2, 0) is 0 Å². The lowest BCUT2D eigenvalue weighted by Crippen LogP contribution is -2.10. The zero-order chi connectivity index (χ0) is 14.7. The van der Waals surface area contributed by atoms with E-state index in [0.717, 1.165) is 0 Å². The summed E-state index contributed by atoms with van der Waals surface area (Å²) >= 11 is 0. The fourth-order valence-corrected chi connectivity index (χ4v) is 1.72. The molecule has 0 unspecified atom stereocenters. The third-order valence-electron chi connectivity index (χ3n) is 2.56. The Morgan fingerprint density at radius 1 is 1.25 bits per heavy atom. The van der Waals surface area contributed by atoms with Gasteiger partial charge in [-0.2, -0.15) is 0 Å². The Bertz CT molecular complexity index is 629. The summed E-state index contributed by atoms with van der Waals surface area (Å²) in [7, 11) is 0. The molecule has 0 spiro atoms. The van der Waals surface area contributed by atoms with E-state index in [0.29, 0.717) is 11.3 Å². The molecule has 2 aromatic rings. The quantitative estimate of drug-likeness (QED) is 0.815. The zero-order valence-electron chi connectivity index (χ0n) is 11.1. The summed E-state index contributed by atoms with van der Waals surface area (Å²) in [6, 6.07) is 6.50. The van der Waals surface area contributed by atoms with Crippen molar-refractivity contribution < 1.29 is 19.4 Å². The highest BCUT2D eigenvalue weighted by molar-refractivity contribution is 6.12. The van der Waals surface area contributed by atoms with E-state index in [4.69, 9.17) is 9.84 Å². The topological polar surface area (TPSA) is 92.3 Å². The van der Waals surface area contributed by atoms with Gasteiger partial charge in [-0.1, -0.05) is 0 Å². The largest absolute Gasteiger partial charge is 0.491 e. The van der Waals surface area contributed by atoms with E-state index >= 15 is 0 Å². The van der Waals surface area contributed by atoms with Gasteiger partial charge in [0.1, 0.15) is 11.4 Å². The molecule has 0 saturated carbocycles. The second kappa shape index (κ2) is 5.56. The van der Waals surface area contributed by atoms with Crippen molar-refractivity contribution in [3.05, 3.63) is 47.5 Å². The van der Waals surface area contributed by atoms with Crippen LogP contribution in [0.3, 0.4) is 0 Å². The Morgan fingerprint density at radius 2 is 1.90 bits per heavy atom. The Labute approximate surface area is 115 Å². The number of imidazole rings is 1. The van der Waals surface area contributed by atoms with Crippen molar-refractivity contribution >= 4 is 11.8 Å². The molecular formula is C14H14N2O4. The fourth-order valence-electron chi connectivity index (χ4n) is 1.72. The maximum atomic E-state index is 12.2. The van der Waals surface area contributed by atoms with Crippen LogP contribution in [0.25, 0.3) is 0 Å². The number of nitrogens with zero attached hydrogens (tertiary/aromatic N) is 1. The lowest BCUT2D eigenvalue weighted by atomic mass is 10.1. The van der Waals surface area contributed by atoms with E-state index in [1.54, 1.807) is 24.3 Å². The second-order valence-corrected chi connectivity index (χ2v) is 4.45. The third-order valence-corrected chi connectivity index (χ3v) is 2.56. The van der Waals surface area contributed by atoms with Crippen LogP contribution in [0.2, 0.25) is 0 Å². The number of benzene rings is 1. The van der Waals surface area contributed by atoms with Gasteiger partial charge in [0.25, 0.3) is 0 Å². The SMILES string of the molecule is CC(C)Oc1ccc(C(=O)c2nc[nH]c2C(=O)O)cc1. The predicted molar refractivity (Wildman–Crippen MR) is 71.2 cm³/mol. The number of nitrogens with one attached hydrogen (secondary N) is 1. The molecular weight excluding hydrogens is 260 g/mol. The van der Waals surface area contributed by atoms with Gasteiger partial charge in [0.2, 0.25) is 5.78 Å². The summed E-state index contributed by atoms with van der Waals surface area (Å²) in [6.07, 6.45) is 1.23. The van der Waals surface area contributed by atoms with Gasteiger partial charge in [-0.3, -0.25) is 4.79 Å². The molecule has 0 radical (unpaired) electrons. The normalized spacial score (nSPS) is 10.6. The number of ketones is 1. The minimum atomic E-state index is -1.22. The van der Waals surface area contributed by atoms with Gasteiger partial charge in [-0.15, -0.1) is 0 Å². The van der Waals surface area contributed by atoms with E-state index in [-0.39, 0.29) is 17.5 Å².